The van der Waals surface area contributed by atoms with E-state index in [-0.39, 0.29) is 18.4 Å². The van der Waals surface area contributed by atoms with E-state index >= 15 is 0 Å². The van der Waals surface area contributed by atoms with Gasteiger partial charge < -0.3 is 9.64 Å². The second-order valence-corrected chi connectivity index (χ2v) is 7.24. The zero-order valence-corrected chi connectivity index (χ0v) is 15.8. The first-order chi connectivity index (χ1) is 12.0. The molecule has 0 radical (unpaired) electrons. The van der Waals surface area contributed by atoms with Gasteiger partial charge in [0.2, 0.25) is 0 Å². The van der Waals surface area contributed by atoms with E-state index in [1.807, 2.05) is 55.5 Å². The molecule has 2 atom stereocenters. The summed E-state index contributed by atoms with van der Waals surface area (Å²) in [6.45, 7) is 3.64. The summed E-state index contributed by atoms with van der Waals surface area (Å²) in [6.07, 6.45) is 0.162. The molecule has 3 rings (SSSR count). The first-order valence-corrected chi connectivity index (χ1v) is 9.10. The van der Waals surface area contributed by atoms with Crippen molar-refractivity contribution < 1.29 is 14.3 Å². The molecule has 1 aliphatic rings. The molecule has 0 aliphatic carbocycles. The Morgan fingerprint density at radius 2 is 1.88 bits per heavy atom. The number of nitrogens with zero attached hydrogens (tertiary/aromatic N) is 1. The minimum Gasteiger partial charge on any atom is -0.452 e. The molecule has 2 aromatic rings. The summed E-state index contributed by atoms with van der Waals surface area (Å²) in [4.78, 5) is 26.7. The number of amides is 1. The van der Waals surface area contributed by atoms with E-state index in [0.717, 1.165) is 27.7 Å². The lowest BCUT2D eigenvalue weighted by Crippen LogP contribution is -2.43. The van der Waals surface area contributed by atoms with Crippen LogP contribution in [-0.4, -0.2) is 24.0 Å². The third kappa shape index (κ3) is 3.93. The Morgan fingerprint density at radius 3 is 2.60 bits per heavy atom. The van der Waals surface area contributed by atoms with Crippen LogP contribution >= 0.6 is 15.9 Å². The Labute approximate surface area is 155 Å². The van der Waals surface area contributed by atoms with Crippen molar-refractivity contribution in [2.45, 2.75) is 38.8 Å². The molecule has 0 saturated carbocycles. The number of anilines is 1. The number of carbonyl (C=O) groups excluding carboxylic acids is 2. The summed E-state index contributed by atoms with van der Waals surface area (Å²) >= 11 is 3.36. The van der Waals surface area contributed by atoms with Crippen LogP contribution in [0, 0.1) is 0 Å². The van der Waals surface area contributed by atoms with Crippen LogP contribution in [0.2, 0.25) is 0 Å². The fourth-order valence-electron chi connectivity index (χ4n) is 3.16. The zero-order valence-electron chi connectivity index (χ0n) is 14.2. The quantitative estimate of drug-likeness (QED) is 0.729. The van der Waals surface area contributed by atoms with Gasteiger partial charge in [0.15, 0.2) is 6.10 Å². The molecule has 2 aromatic carbocycles. The summed E-state index contributed by atoms with van der Waals surface area (Å²) < 4.78 is 6.33. The van der Waals surface area contributed by atoms with Gasteiger partial charge in [0, 0.05) is 16.2 Å². The Kier molecular flexibility index (Phi) is 5.23. The molecular formula is C20H20BrNO3. The number of fused-ring (bicyclic) bond motifs is 1. The van der Waals surface area contributed by atoms with Crippen LogP contribution in [0.3, 0.4) is 0 Å². The number of halogens is 1. The van der Waals surface area contributed by atoms with E-state index in [1.165, 1.54) is 0 Å². The molecule has 4 nitrogen and oxygen atoms in total. The van der Waals surface area contributed by atoms with Crippen molar-refractivity contribution >= 4 is 33.5 Å². The number of para-hydroxylation sites is 1. The topological polar surface area (TPSA) is 46.6 Å². The first-order valence-electron chi connectivity index (χ1n) is 8.30. The fraction of sp³-hybridized carbons (Fsp3) is 0.300. The Balaban J connectivity index is 1.64. The summed E-state index contributed by atoms with van der Waals surface area (Å²) in [6, 6.07) is 15.4. The Hall–Kier alpha value is -2.14. The van der Waals surface area contributed by atoms with Gasteiger partial charge in [-0.15, -0.1) is 0 Å². The standard InChI is InChI=1S/C20H20BrNO3/c1-13-11-16-5-3-4-6-18(16)22(13)20(24)14(2)25-19(23)12-15-7-9-17(21)10-8-15/h3-10,13-14H,11-12H2,1-2H3/t13-,14-/m1/s1. The minimum absolute atomic E-state index is 0.0672. The SMILES string of the molecule is C[C@@H]1Cc2ccccc2N1C(=O)[C@@H](C)OC(=O)Cc1ccc(Br)cc1. The van der Waals surface area contributed by atoms with Crippen LogP contribution in [0.15, 0.2) is 53.0 Å². The number of ether oxygens (including phenoxy) is 1. The van der Waals surface area contributed by atoms with Crippen molar-refractivity contribution in [3.63, 3.8) is 0 Å². The molecule has 0 fully saturated rings. The fourth-order valence-corrected chi connectivity index (χ4v) is 3.42. The number of carbonyl (C=O) groups is 2. The molecule has 1 amide bonds. The van der Waals surface area contributed by atoms with Gasteiger partial charge in [-0.05, 0) is 49.6 Å². The normalized spacial score (nSPS) is 17.1. The second kappa shape index (κ2) is 7.40. The molecular weight excluding hydrogens is 382 g/mol. The van der Waals surface area contributed by atoms with Crippen LogP contribution in [0.5, 0.6) is 0 Å². The van der Waals surface area contributed by atoms with Gasteiger partial charge in [0.05, 0.1) is 6.42 Å². The molecule has 0 aromatic heterocycles. The van der Waals surface area contributed by atoms with Crippen LogP contribution in [-0.2, 0) is 27.2 Å². The van der Waals surface area contributed by atoms with Crippen molar-refractivity contribution in [1.29, 1.82) is 0 Å². The van der Waals surface area contributed by atoms with Crippen molar-refractivity contribution in [3.8, 4) is 0 Å². The largest absolute Gasteiger partial charge is 0.452 e. The number of benzene rings is 2. The van der Waals surface area contributed by atoms with Crippen molar-refractivity contribution in [2.24, 2.45) is 0 Å². The lowest BCUT2D eigenvalue weighted by Gasteiger charge is -2.26. The zero-order chi connectivity index (χ0) is 18.0. The van der Waals surface area contributed by atoms with Crippen molar-refractivity contribution in [2.75, 3.05) is 4.90 Å². The molecule has 25 heavy (non-hydrogen) atoms. The maximum Gasteiger partial charge on any atom is 0.311 e. The number of esters is 1. The monoisotopic (exact) mass is 401 g/mol. The summed E-state index contributed by atoms with van der Waals surface area (Å²) in [5, 5.41) is 0. The predicted molar refractivity (Wildman–Crippen MR) is 100 cm³/mol. The maximum atomic E-state index is 12.8. The third-order valence-electron chi connectivity index (χ3n) is 4.36. The highest BCUT2D eigenvalue weighted by atomic mass is 79.9. The average molecular weight is 402 g/mol. The van der Waals surface area contributed by atoms with Crippen LogP contribution in [0.25, 0.3) is 0 Å². The molecule has 130 valence electrons. The number of hydrogen-bond donors (Lipinski definition) is 0. The molecule has 0 bridgehead atoms. The molecule has 0 saturated heterocycles. The van der Waals surface area contributed by atoms with Gasteiger partial charge in [-0.25, -0.2) is 0 Å². The molecule has 0 spiro atoms. The Bertz CT molecular complexity index is 788. The van der Waals surface area contributed by atoms with Gasteiger partial charge in [0.25, 0.3) is 5.91 Å². The summed E-state index contributed by atoms with van der Waals surface area (Å²) in [5.74, 6) is -0.579. The van der Waals surface area contributed by atoms with Crippen molar-refractivity contribution in [1.82, 2.24) is 0 Å². The lowest BCUT2D eigenvalue weighted by molar-refractivity contribution is -0.153. The maximum absolute atomic E-state index is 12.8. The molecule has 1 heterocycles. The van der Waals surface area contributed by atoms with Crippen LogP contribution in [0.1, 0.15) is 25.0 Å². The van der Waals surface area contributed by atoms with Crippen LogP contribution in [0.4, 0.5) is 5.69 Å². The van der Waals surface area contributed by atoms with Gasteiger partial charge >= 0.3 is 5.97 Å². The van der Waals surface area contributed by atoms with E-state index < -0.39 is 12.1 Å². The van der Waals surface area contributed by atoms with E-state index in [2.05, 4.69) is 15.9 Å². The van der Waals surface area contributed by atoms with Gasteiger partial charge in [0.1, 0.15) is 0 Å². The molecule has 1 aliphatic heterocycles. The lowest BCUT2D eigenvalue weighted by atomic mass is 10.1. The molecule has 5 heteroatoms. The highest BCUT2D eigenvalue weighted by Gasteiger charge is 2.34. The van der Waals surface area contributed by atoms with Gasteiger partial charge in [-0.3, -0.25) is 9.59 Å². The average Bonchev–Trinajstić information content (AvgIpc) is 2.91. The summed E-state index contributed by atoms with van der Waals surface area (Å²) in [5.41, 5.74) is 2.92. The van der Waals surface area contributed by atoms with E-state index in [9.17, 15) is 9.59 Å². The third-order valence-corrected chi connectivity index (χ3v) is 4.89. The number of hydrogen-bond acceptors (Lipinski definition) is 3. The highest BCUT2D eigenvalue weighted by molar-refractivity contribution is 9.10. The molecule has 0 N–H and O–H groups in total. The van der Waals surface area contributed by atoms with Gasteiger partial charge in [-0.1, -0.05) is 46.3 Å². The van der Waals surface area contributed by atoms with E-state index in [1.54, 1.807) is 11.8 Å². The highest BCUT2D eigenvalue weighted by Crippen LogP contribution is 2.32. The van der Waals surface area contributed by atoms with E-state index in [4.69, 9.17) is 4.74 Å². The second-order valence-electron chi connectivity index (χ2n) is 6.33. The molecule has 0 unspecified atom stereocenters. The summed E-state index contributed by atoms with van der Waals surface area (Å²) in [7, 11) is 0. The van der Waals surface area contributed by atoms with Crippen molar-refractivity contribution in [3.05, 3.63) is 64.1 Å². The number of rotatable bonds is 4. The van der Waals surface area contributed by atoms with Crippen LogP contribution < -0.4 is 4.90 Å². The smallest absolute Gasteiger partial charge is 0.311 e. The predicted octanol–water partition coefficient (Wildman–Crippen LogP) is 3.90. The van der Waals surface area contributed by atoms with E-state index in [0.29, 0.717) is 0 Å². The first kappa shape index (κ1) is 17.7. The minimum atomic E-state index is -0.809. The van der Waals surface area contributed by atoms with Gasteiger partial charge in [-0.2, -0.15) is 0 Å². The Morgan fingerprint density at radius 1 is 1.20 bits per heavy atom.